The molecule has 1 atom stereocenters. The number of halogens is 1. The van der Waals surface area contributed by atoms with E-state index in [1.165, 1.54) is 42.5 Å². The predicted octanol–water partition coefficient (Wildman–Crippen LogP) is 4.83. The normalized spacial score (nSPS) is 16.7. The molecule has 0 fully saturated rings. The number of fused-ring (bicyclic) bond motifs is 1. The fourth-order valence-corrected chi connectivity index (χ4v) is 4.23. The van der Waals surface area contributed by atoms with Crippen LogP contribution in [-0.2, 0) is 12.8 Å². The van der Waals surface area contributed by atoms with E-state index in [9.17, 15) is 0 Å². The third-order valence-electron chi connectivity index (χ3n) is 3.80. The Bertz CT molecular complexity index is 535. The number of aryl methyl sites for hydroxylation is 2. The van der Waals surface area contributed by atoms with Crippen LogP contribution in [-0.4, -0.2) is 0 Å². The molecular weight excluding hydrogens is 318 g/mol. The zero-order chi connectivity index (χ0) is 13.2. The van der Waals surface area contributed by atoms with Crippen LogP contribution >= 0.6 is 27.3 Å². The predicted molar refractivity (Wildman–Crippen MR) is 85.8 cm³/mol. The summed E-state index contributed by atoms with van der Waals surface area (Å²) in [6.45, 7) is 0. The molecule has 1 nitrogen and oxygen atoms in total. The summed E-state index contributed by atoms with van der Waals surface area (Å²) < 4.78 is 1.10. The Hall–Kier alpha value is -0.640. The van der Waals surface area contributed by atoms with Gasteiger partial charge in [-0.3, -0.25) is 0 Å². The first-order valence-corrected chi connectivity index (χ1v) is 8.47. The molecule has 2 aromatic rings. The van der Waals surface area contributed by atoms with Gasteiger partial charge < -0.3 is 5.73 Å². The summed E-state index contributed by atoms with van der Waals surface area (Å²) in [5, 5.41) is 0. The van der Waals surface area contributed by atoms with Crippen LogP contribution in [0.25, 0.3) is 0 Å². The maximum atomic E-state index is 6.41. The van der Waals surface area contributed by atoms with Crippen molar-refractivity contribution in [2.75, 3.05) is 0 Å². The molecule has 19 heavy (non-hydrogen) atoms. The fraction of sp³-hybridized carbons (Fsp3) is 0.375. The Morgan fingerprint density at radius 2 is 1.79 bits per heavy atom. The van der Waals surface area contributed by atoms with Crippen molar-refractivity contribution in [1.29, 1.82) is 0 Å². The number of hydrogen-bond acceptors (Lipinski definition) is 2. The lowest BCUT2D eigenvalue weighted by Crippen LogP contribution is -2.09. The van der Waals surface area contributed by atoms with Gasteiger partial charge in [-0.25, -0.2) is 0 Å². The van der Waals surface area contributed by atoms with Crippen molar-refractivity contribution < 1.29 is 0 Å². The van der Waals surface area contributed by atoms with Gasteiger partial charge in [0.2, 0.25) is 0 Å². The first-order valence-electron chi connectivity index (χ1n) is 6.86. The lowest BCUT2D eigenvalue weighted by Gasteiger charge is -2.10. The van der Waals surface area contributed by atoms with Crippen molar-refractivity contribution in [1.82, 2.24) is 0 Å². The Morgan fingerprint density at radius 1 is 1.05 bits per heavy atom. The fourth-order valence-electron chi connectivity index (χ4n) is 2.68. The smallest absolute Gasteiger partial charge is 0.0646 e. The lowest BCUT2D eigenvalue weighted by molar-refractivity contribution is 0.712. The highest BCUT2D eigenvalue weighted by molar-refractivity contribution is 9.10. The van der Waals surface area contributed by atoms with Gasteiger partial charge in [-0.05, 0) is 55.0 Å². The third-order valence-corrected chi connectivity index (χ3v) is 5.65. The van der Waals surface area contributed by atoms with E-state index in [2.05, 4.69) is 46.3 Å². The van der Waals surface area contributed by atoms with Crippen LogP contribution < -0.4 is 5.73 Å². The second-order valence-electron chi connectivity index (χ2n) is 5.19. The van der Waals surface area contributed by atoms with E-state index in [0.717, 1.165) is 4.47 Å². The van der Waals surface area contributed by atoms with Crippen LogP contribution in [0.2, 0.25) is 0 Å². The highest BCUT2D eigenvalue weighted by Gasteiger charge is 2.17. The molecule has 1 aliphatic carbocycles. The molecule has 1 heterocycles. The number of benzene rings is 1. The largest absolute Gasteiger partial charge is 0.320 e. The molecule has 100 valence electrons. The minimum atomic E-state index is 0.0185. The van der Waals surface area contributed by atoms with Crippen LogP contribution in [0.4, 0.5) is 0 Å². The number of nitrogens with two attached hydrogens (primary N) is 1. The summed E-state index contributed by atoms with van der Waals surface area (Å²) in [6.07, 6.45) is 6.51. The molecule has 0 amide bonds. The van der Waals surface area contributed by atoms with Crippen LogP contribution in [0.15, 0.2) is 34.8 Å². The van der Waals surface area contributed by atoms with Gasteiger partial charge in [0.05, 0.1) is 6.04 Å². The molecule has 1 unspecified atom stereocenters. The van der Waals surface area contributed by atoms with E-state index in [4.69, 9.17) is 5.73 Å². The Morgan fingerprint density at radius 3 is 2.58 bits per heavy atom. The van der Waals surface area contributed by atoms with Gasteiger partial charge in [0.1, 0.15) is 0 Å². The van der Waals surface area contributed by atoms with E-state index in [-0.39, 0.29) is 6.04 Å². The van der Waals surface area contributed by atoms with Gasteiger partial charge in [0, 0.05) is 14.2 Å². The summed E-state index contributed by atoms with van der Waals surface area (Å²) >= 11 is 5.39. The average molecular weight is 336 g/mol. The van der Waals surface area contributed by atoms with Crippen molar-refractivity contribution in [2.24, 2.45) is 5.73 Å². The molecule has 0 saturated heterocycles. The van der Waals surface area contributed by atoms with Crippen LogP contribution in [0.3, 0.4) is 0 Å². The third kappa shape index (κ3) is 2.93. The quantitative estimate of drug-likeness (QED) is 0.781. The van der Waals surface area contributed by atoms with Gasteiger partial charge in [0.25, 0.3) is 0 Å². The second-order valence-corrected chi connectivity index (χ2v) is 7.27. The molecule has 0 spiro atoms. The molecular formula is C16H18BrNS. The van der Waals surface area contributed by atoms with E-state index < -0.39 is 0 Å². The number of thiophene rings is 1. The van der Waals surface area contributed by atoms with Crippen molar-refractivity contribution >= 4 is 27.3 Å². The first-order chi connectivity index (χ1) is 9.24. The molecule has 1 aliphatic rings. The minimum absolute atomic E-state index is 0.0185. The van der Waals surface area contributed by atoms with Gasteiger partial charge >= 0.3 is 0 Å². The topological polar surface area (TPSA) is 26.0 Å². The summed E-state index contributed by atoms with van der Waals surface area (Å²) in [6, 6.07) is 10.7. The first kappa shape index (κ1) is 13.3. The summed E-state index contributed by atoms with van der Waals surface area (Å²) in [5.41, 5.74) is 9.15. The number of hydrogen-bond donors (Lipinski definition) is 1. The zero-order valence-corrected chi connectivity index (χ0v) is 13.3. The molecule has 3 rings (SSSR count). The van der Waals surface area contributed by atoms with Crippen LogP contribution in [0, 0.1) is 0 Å². The van der Waals surface area contributed by atoms with Gasteiger partial charge in [-0.15, -0.1) is 11.3 Å². The number of rotatable bonds is 2. The molecule has 0 aliphatic heterocycles. The van der Waals surface area contributed by atoms with Crippen molar-refractivity contribution in [3.8, 4) is 0 Å². The Balaban J connectivity index is 1.87. The average Bonchev–Trinajstić information content (AvgIpc) is 2.70. The second kappa shape index (κ2) is 5.78. The molecule has 3 heteroatoms. The Kier molecular flexibility index (Phi) is 4.06. The van der Waals surface area contributed by atoms with E-state index >= 15 is 0 Å². The maximum Gasteiger partial charge on any atom is 0.0646 e. The van der Waals surface area contributed by atoms with E-state index in [1.807, 2.05) is 11.3 Å². The Labute approximate surface area is 127 Å². The summed E-state index contributed by atoms with van der Waals surface area (Å²) in [4.78, 5) is 2.88. The van der Waals surface area contributed by atoms with E-state index in [0.29, 0.717) is 0 Å². The molecule has 0 bridgehead atoms. The van der Waals surface area contributed by atoms with Crippen LogP contribution in [0.5, 0.6) is 0 Å². The van der Waals surface area contributed by atoms with Crippen LogP contribution in [0.1, 0.15) is 46.2 Å². The molecule has 0 radical (unpaired) electrons. The summed E-state index contributed by atoms with van der Waals surface area (Å²) in [7, 11) is 0. The van der Waals surface area contributed by atoms with Crippen molar-refractivity contribution in [2.45, 2.75) is 38.1 Å². The van der Waals surface area contributed by atoms with E-state index in [1.54, 1.807) is 10.4 Å². The van der Waals surface area contributed by atoms with Gasteiger partial charge in [-0.2, -0.15) is 0 Å². The molecule has 2 N–H and O–H groups in total. The minimum Gasteiger partial charge on any atom is -0.320 e. The zero-order valence-electron chi connectivity index (χ0n) is 10.9. The molecule has 1 aromatic heterocycles. The standard InChI is InChI=1S/C16H18BrNS/c17-13-8-6-11(7-9-13)16(18)15-10-12-4-2-1-3-5-14(12)19-15/h6-10,16H,1-5,18H2. The SMILES string of the molecule is NC(c1ccc(Br)cc1)c1cc2c(s1)CCCCC2. The van der Waals surface area contributed by atoms with Crippen molar-refractivity contribution in [3.05, 3.63) is 55.7 Å². The van der Waals surface area contributed by atoms with Gasteiger partial charge in [0.15, 0.2) is 0 Å². The lowest BCUT2D eigenvalue weighted by atomic mass is 10.0. The maximum absolute atomic E-state index is 6.41. The molecule has 0 saturated carbocycles. The monoisotopic (exact) mass is 335 g/mol. The molecule has 1 aromatic carbocycles. The highest BCUT2D eigenvalue weighted by Crippen LogP contribution is 2.34. The summed E-state index contributed by atoms with van der Waals surface area (Å²) in [5.74, 6) is 0. The highest BCUT2D eigenvalue weighted by atomic mass is 79.9. The van der Waals surface area contributed by atoms with Gasteiger partial charge in [-0.1, -0.05) is 34.5 Å². The van der Waals surface area contributed by atoms with Crippen molar-refractivity contribution in [3.63, 3.8) is 0 Å².